The summed E-state index contributed by atoms with van der Waals surface area (Å²) >= 11 is 6.20. The molecule has 1 amide bonds. The second kappa shape index (κ2) is 9.50. The summed E-state index contributed by atoms with van der Waals surface area (Å²) in [4.78, 5) is 14.7. The third kappa shape index (κ3) is 5.64. The zero-order chi connectivity index (χ0) is 21.8. The maximum Gasteiger partial charge on any atom is 0.246 e. The average Bonchev–Trinajstić information content (AvgIpc) is 2.67. The van der Waals surface area contributed by atoms with Crippen LogP contribution in [0, 0.1) is 6.92 Å². The zero-order valence-corrected chi connectivity index (χ0v) is 18.9. The Hall–Kier alpha value is -2.25. The highest BCUT2D eigenvalue weighted by atomic mass is 35.5. The number of nitrogens with zero attached hydrogens (tertiary/aromatic N) is 2. The molecule has 0 heterocycles. The summed E-state index contributed by atoms with van der Waals surface area (Å²) in [6.07, 6.45) is 1.42. The van der Waals surface area contributed by atoms with Crippen molar-refractivity contribution in [1.82, 2.24) is 4.90 Å². The lowest BCUT2D eigenvalue weighted by Gasteiger charge is -2.33. The summed E-state index contributed by atoms with van der Waals surface area (Å²) in [5, 5.41) is 0.449. The number of aryl methyl sites for hydroxylation is 1. The molecule has 2 aromatic rings. The van der Waals surface area contributed by atoms with E-state index in [2.05, 4.69) is 0 Å². The van der Waals surface area contributed by atoms with Gasteiger partial charge in [0.15, 0.2) is 0 Å². The van der Waals surface area contributed by atoms with Gasteiger partial charge in [-0.1, -0.05) is 36.7 Å². The first-order valence-electron chi connectivity index (χ1n) is 9.22. The van der Waals surface area contributed by atoms with Crippen LogP contribution in [0.15, 0.2) is 42.5 Å². The fourth-order valence-electron chi connectivity index (χ4n) is 3.10. The minimum Gasteiger partial charge on any atom is -0.497 e. The molecule has 6 nitrogen and oxygen atoms in total. The van der Waals surface area contributed by atoms with Crippen molar-refractivity contribution in [2.75, 3.05) is 24.7 Å². The van der Waals surface area contributed by atoms with Crippen molar-refractivity contribution in [2.45, 2.75) is 32.9 Å². The van der Waals surface area contributed by atoms with Crippen molar-refractivity contribution in [1.29, 1.82) is 0 Å². The van der Waals surface area contributed by atoms with E-state index in [1.54, 1.807) is 39.3 Å². The van der Waals surface area contributed by atoms with Gasteiger partial charge in [0.25, 0.3) is 0 Å². The Balaban J connectivity index is 2.32. The van der Waals surface area contributed by atoms with Gasteiger partial charge in [0.2, 0.25) is 15.9 Å². The van der Waals surface area contributed by atoms with Crippen LogP contribution in [-0.2, 0) is 21.4 Å². The third-order valence-electron chi connectivity index (χ3n) is 4.68. The van der Waals surface area contributed by atoms with E-state index in [-0.39, 0.29) is 5.91 Å². The minimum atomic E-state index is -3.71. The number of likely N-dealkylation sites (N-methyl/N-ethyl adjacent to an activating group) is 1. The summed E-state index contributed by atoms with van der Waals surface area (Å²) in [7, 11) is -0.453. The van der Waals surface area contributed by atoms with Gasteiger partial charge in [0.05, 0.1) is 19.1 Å². The van der Waals surface area contributed by atoms with E-state index in [9.17, 15) is 13.2 Å². The molecular weight excluding hydrogens is 412 g/mol. The number of halogens is 1. The molecule has 2 rings (SSSR count). The lowest BCUT2D eigenvalue weighted by Crippen LogP contribution is -2.49. The molecule has 0 N–H and O–H groups in total. The Labute approximate surface area is 178 Å². The lowest BCUT2D eigenvalue weighted by molar-refractivity contribution is -0.131. The number of hydrogen-bond donors (Lipinski definition) is 0. The van der Waals surface area contributed by atoms with E-state index >= 15 is 0 Å². The van der Waals surface area contributed by atoms with Gasteiger partial charge in [-0.3, -0.25) is 9.10 Å². The van der Waals surface area contributed by atoms with Crippen molar-refractivity contribution in [2.24, 2.45) is 0 Å². The average molecular weight is 439 g/mol. The number of amides is 1. The molecule has 0 aromatic heterocycles. The predicted molar refractivity (Wildman–Crippen MR) is 117 cm³/mol. The molecule has 0 saturated carbocycles. The Morgan fingerprint density at radius 1 is 1.17 bits per heavy atom. The second-order valence-electron chi connectivity index (χ2n) is 6.96. The molecule has 8 heteroatoms. The van der Waals surface area contributed by atoms with Gasteiger partial charge in [-0.25, -0.2) is 8.42 Å². The Morgan fingerprint density at radius 3 is 2.28 bits per heavy atom. The highest BCUT2D eigenvalue weighted by molar-refractivity contribution is 7.92. The van der Waals surface area contributed by atoms with Crippen molar-refractivity contribution >= 4 is 33.2 Å². The normalized spacial score (nSPS) is 12.3. The van der Waals surface area contributed by atoms with E-state index in [4.69, 9.17) is 16.3 Å². The summed E-state index contributed by atoms with van der Waals surface area (Å²) in [6, 6.07) is 11.5. The summed E-state index contributed by atoms with van der Waals surface area (Å²) in [5.74, 6) is 0.444. The van der Waals surface area contributed by atoms with Gasteiger partial charge in [-0.2, -0.15) is 0 Å². The van der Waals surface area contributed by atoms with Gasteiger partial charge >= 0.3 is 0 Å². The van der Waals surface area contributed by atoms with Crippen molar-refractivity contribution in [3.05, 3.63) is 58.6 Å². The first kappa shape index (κ1) is 23.0. The van der Waals surface area contributed by atoms with Crippen molar-refractivity contribution < 1.29 is 17.9 Å². The second-order valence-corrected chi connectivity index (χ2v) is 9.23. The monoisotopic (exact) mass is 438 g/mol. The van der Waals surface area contributed by atoms with Crippen molar-refractivity contribution in [3.8, 4) is 5.75 Å². The fraction of sp³-hybridized carbons (Fsp3) is 0.381. The van der Waals surface area contributed by atoms with Crippen LogP contribution in [0.25, 0.3) is 0 Å². The SMILES string of the molecule is CC[C@H](C(=O)N(C)Cc1ccc(OC)cc1)N(c1ccc(C)c(Cl)c1)S(C)(=O)=O. The predicted octanol–water partition coefficient (Wildman–Crippen LogP) is 3.86. The molecule has 0 radical (unpaired) electrons. The smallest absolute Gasteiger partial charge is 0.246 e. The van der Waals surface area contributed by atoms with Crippen LogP contribution >= 0.6 is 11.6 Å². The Morgan fingerprint density at radius 2 is 1.79 bits per heavy atom. The number of hydrogen-bond acceptors (Lipinski definition) is 4. The highest BCUT2D eigenvalue weighted by Gasteiger charge is 2.33. The first-order chi connectivity index (χ1) is 13.6. The molecule has 2 aromatic carbocycles. The molecule has 0 saturated heterocycles. The molecule has 0 aliphatic carbocycles. The standard InChI is InChI=1S/C21H27ClN2O4S/c1-6-20(21(25)23(3)14-16-8-11-18(28-4)12-9-16)24(29(5,26)27)17-10-7-15(2)19(22)13-17/h7-13,20H,6,14H2,1-5H3/t20-/m1/s1. The molecule has 0 aliphatic heterocycles. The molecule has 158 valence electrons. The molecule has 0 spiro atoms. The van der Waals surface area contributed by atoms with Crippen LogP contribution < -0.4 is 9.04 Å². The van der Waals surface area contributed by atoms with Gasteiger partial charge in [0.1, 0.15) is 11.8 Å². The van der Waals surface area contributed by atoms with Gasteiger partial charge in [-0.15, -0.1) is 0 Å². The van der Waals surface area contributed by atoms with Crippen molar-refractivity contribution in [3.63, 3.8) is 0 Å². The molecule has 0 bridgehead atoms. The molecule has 0 aliphatic rings. The number of carbonyl (C=O) groups is 1. The van der Waals surface area contributed by atoms with Gasteiger partial charge in [0, 0.05) is 18.6 Å². The van der Waals surface area contributed by atoms with E-state index in [1.165, 1.54) is 4.90 Å². The summed E-state index contributed by atoms with van der Waals surface area (Å²) in [6.45, 7) is 3.98. The lowest BCUT2D eigenvalue weighted by atomic mass is 10.1. The number of rotatable bonds is 8. The summed E-state index contributed by atoms with van der Waals surface area (Å²) in [5.41, 5.74) is 2.13. The molecule has 29 heavy (non-hydrogen) atoms. The van der Waals surface area contributed by atoms with E-state index < -0.39 is 16.1 Å². The third-order valence-corrected chi connectivity index (χ3v) is 6.26. The number of sulfonamides is 1. The zero-order valence-electron chi connectivity index (χ0n) is 17.3. The largest absolute Gasteiger partial charge is 0.497 e. The number of carbonyl (C=O) groups excluding carboxylic acids is 1. The Bertz CT molecular complexity index is 961. The fourth-order valence-corrected chi connectivity index (χ4v) is 4.47. The minimum absolute atomic E-state index is 0.287. The quantitative estimate of drug-likeness (QED) is 0.627. The van der Waals surface area contributed by atoms with Crippen LogP contribution in [0.2, 0.25) is 5.02 Å². The number of anilines is 1. The van der Waals surface area contributed by atoms with Crippen LogP contribution in [0.4, 0.5) is 5.69 Å². The number of methoxy groups -OCH3 is 1. The maximum atomic E-state index is 13.2. The molecular formula is C21H27ClN2O4S. The van der Waals surface area contributed by atoms with Crippen LogP contribution in [0.5, 0.6) is 5.75 Å². The van der Waals surface area contributed by atoms with E-state index in [0.29, 0.717) is 23.7 Å². The summed E-state index contributed by atoms with van der Waals surface area (Å²) < 4.78 is 31.5. The number of benzene rings is 2. The van der Waals surface area contributed by atoms with Crippen LogP contribution in [0.1, 0.15) is 24.5 Å². The maximum absolute atomic E-state index is 13.2. The Kier molecular flexibility index (Phi) is 7.54. The van der Waals surface area contributed by atoms with E-state index in [0.717, 1.165) is 27.4 Å². The molecule has 1 atom stereocenters. The first-order valence-corrected chi connectivity index (χ1v) is 11.4. The molecule has 0 fully saturated rings. The topological polar surface area (TPSA) is 66.9 Å². The highest BCUT2D eigenvalue weighted by Crippen LogP contribution is 2.28. The molecule has 0 unspecified atom stereocenters. The van der Waals surface area contributed by atoms with Crippen LogP contribution in [0.3, 0.4) is 0 Å². The van der Waals surface area contributed by atoms with Gasteiger partial charge in [-0.05, 0) is 48.7 Å². The van der Waals surface area contributed by atoms with Crippen LogP contribution in [-0.4, -0.2) is 45.7 Å². The van der Waals surface area contributed by atoms with Gasteiger partial charge < -0.3 is 9.64 Å². The number of ether oxygens (including phenoxy) is 1. The van der Waals surface area contributed by atoms with E-state index in [1.807, 2.05) is 31.2 Å².